The van der Waals surface area contributed by atoms with Crippen LogP contribution in [0.1, 0.15) is 54.8 Å². The Morgan fingerprint density at radius 1 is 1.07 bits per heavy atom. The Kier molecular flexibility index (Phi) is 5.43. The Morgan fingerprint density at radius 2 is 1.83 bits per heavy atom. The summed E-state index contributed by atoms with van der Waals surface area (Å²) in [5.74, 6) is 0.294. The topological polar surface area (TPSA) is 88.4 Å². The fourth-order valence-corrected chi connectivity index (χ4v) is 5.05. The smallest absolute Gasteiger partial charge is 0.251 e. The first-order valence-corrected chi connectivity index (χ1v) is 11.3. The lowest BCUT2D eigenvalue weighted by molar-refractivity contribution is 0.0935. The second-order valence-corrected chi connectivity index (χ2v) is 9.23. The Morgan fingerprint density at radius 3 is 2.59 bits per heavy atom. The molecule has 2 N–H and O–H groups in total. The van der Waals surface area contributed by atoms with Crippen molar-refractivity contribution in [1.82, 2.24) is 10.0 Å². The van der Waals surface area contributed by atoms with Gasteiger partial charge in [0, 0.05) is 17.0 Å². The lowest BCUT2D eigenvalue weighted by atomic mass is 10.1. The lowest BCUT2D eigenvalue weighted by Gasteiger charge is -2.14. The average Bonchev–Trinajstić information content (AvgIpc) is 3.37. The van der Waals surface area contributed by atoms with E-state index >= 15 is 0 Å². The number of benzene rings is 2. The van der Waals surface area contributed by atoms with E-state index in [0.29, 0.717) is 11.3 Å². The molecule has 6 nitrogen and oxygen atoms in total. The minimum Gasteiger partial charge on any atom is -0.459 e. The van der Waals surface area contributed by atoms with Crippen LogP contribution in [-0.2, 0) is 10.0 Å². The van der Waals surface area contributed by atoms with Gasteiger partial charge in [0.2, 0.25) is 10.0 Å². The summed E-state index contributed by atoms with van der Waals surface area (Å²) in [4.78, 5) is 12.8. The summed E-state index contributed by atoms with van der Waals surface area (Å²) in [5, 5.41) is 3.84. The summed E-state index contributed by atoms with van der Waals surface area (Å²) in [5.41, 5.74) is 1.05. The third kappa shape index (κ3) is 4.36. The van der Waals surface area contributed by atoms with Gasteiger partial charge >= 0.3 is 0 Å². The molecule has 152 valence electrons. The Labute approximate surface area is 170 Å². The van der Waals surface area contributed by atoms with E-state index in [1.165, 1.54) is 12.1 Å². The number of furan rings is 1. The number of para-hydroxylation sites is 1. The van der Waals surface area contributed by atoms with Crippen molar-refractivity contribution in [2.24, 2.45) is 0 Å². The molecule has 1 fully saturated rings. The summed E-state index contributed by atoms with van der Waals surface area (Å²) >= 11 is 0. The van der Waals surface area contributed by atoms with E-state index in [-0.39, 0.29) is 22.9 Å². The Hall–Kier alpha value is -2.64. The fourth-order valence-electron chi connectivity index (χ4n) is 3.70. The number of carbonyl (C=O) groups excluding carboxylic acids is 1. The molecular formula is C22H24N2O4S. The van der Waals surface area contributed by atoms with Gasteiger partial charge in [-0.05, 0) is 50.1 Å². The van der Waals surface area contributed by atoms with Crippen molar-refractivity contribution >= 4 is 26.9 Å². The van der Waals surface area contributed by atoms with Crippen LogP contribution in [0.5, 0.6) is 0 Å². The minimum absolute atomic E-state index is 0.0226. The van der Waals surface area contributed by atoms with E-state index in [1.54, 1.807) is 12.1 Å². The molecule has 0 spiro atoms. The van der Waals surface area contributed by atoms with Gasteiger partial charge < -0.3 is 9.73 Å². The molecule has 4 rings (SSSR count). The number of nitrogens with one attached hydrogen (secondary N) is 2. The van der Waals surface area contributed by atoms with Crippen LogP contribution in [0.3, 0.4) is 0 Å². The summed E-state index contributed by atoms with van der Waals surface area (Å²) in [6.07, 6.45) is 3.79. The number of amides is 1. The highest BCUT2D eigenvalue weighted by molar-refractivity contribution is 7.89. The van der Waals surface area contributed by atoms with Crippen molar-refractivity contribution in [3.63, 3.8) is 0 Å². The maximum Gasteiger partial charge on any atom is 0.251 e. The summed E-state index contributed by atoms with van der Waals surface area (Å²) in [7, 11) is -3.65. The third-order valence-corrected chi connectivity index (χ3v) is 6.82. The first kappa shape index (κ1) is 19.7. The normalized spacial score (nSPS) is 16.2. The second-order valence-electron chi connectivity index (χ2n) is 7.51. The molecule has 3 aromatic rings. The summed E-state index contributed by atoms with van der Waals surface area (Å²) in [6, 6.07) is 15.3. The number of rotatable bonds is 6. The zero-order valence-electron chi connectivity index (χ0n) is 16.2. The zero-order valence-corrected chi connectivity index (χ0v) is 17.0. The molecule has 1 heterocycles. The first-order chi connectivity index (χ1) is 13.9. The van der Waals surface area contributed by atoms with E-state index < -0.39 is 10.0 Å². The van der Waals surface area contributed by atoms with E-state index in [4.69, 9.17) is 4.42 Å². The van der Waals surface area contributed by atoms with Crippen molar-refractivity contribution in [2.45, 2.75) is 49.6 Å². The molecule has 0 radical (unpaired) electrons. The van der Waals surface area contributed by atoms with Crippen LogP contribution in [0.4, 0.5) is 0 Å². The van der Waals surface area contributed by atoms with Crippen LogP contribution < -0.4 is 10.0 Å². The second kappa shape index (κ2) is 8.00. The number of hydrogen-bond acceptors (Lipinski definition) is 4. The van der Waals surface area contributed by atoms with Crippen LogP contribution in [0.2, 0.25) is 0 Å². The van der Waals surface area contributed by atoms with Gasteiger partial charge in [0.15, 0.2) is 0 Å². The first-order valence-electron chi connectivity index (χ1n) is 9.84. The summed E-state index contributed by atoms with van der Waals surface area (Å²) in [6.45, 7) is 1.83. The predicted molar refractivity (Wildman–Crippen MR) is 111 cm³/mol. The zero-order chi connectivity index (χ0) is 20.4. The molecule has 1 saturated carbocycles. The molecule has 2 aromatic carbocycles. The van der Waals surface area contributed by atoms with Gasteiger partial charge in [-0.15, -0.1) is 0 Å². The van der Waals surface area contributed by atoms with Gasteiger partial charge in [-0.1, -0.05) is 37.1 Å². The number of sulfonamides is 1. The van der Waals surface area contributed by atoms with Crippen LogP contribution >= 0.6 is 0 Å². The molecule has 0 saturated heterocycles. The molecule has 0 bridgehead atoms. The van der Waals surface area contributed by atoms with Gasteiger partial charge in [0.25, 0.3) is 5.91 Å². The molecular weight excluding hydrogens is 388 g/mol. The highest BCUT2D eigenvalue weighted by Crippen LogP contribution is 2.24. The minimum atomic E-state index is -3.65. The van der Waals surface area contributed by atoms with Crippen molar-refractivity contribution < 1.29 is 17.6 Å². The van der Waals surface area contributed by atoms with E-state index in [2.05, 4.69) is 10.0 Å². The maximum absolute atomic E-state index is 12.7. The molecule has 7 heteroatoms. The molecule has 1 aliphatic carbocycles. The SMILES string of the molecule is CC(NC(=O)c1cccc(S(=O)(=O)NC2CCCC2)c1)c1cc2ccccc2o1. The highest BCUT2D eigenvalue weighted by atomic mass is 32.2. The molecule has 29 heavy (non-hydrogen) atoms. The number of hydrogen-bond donors (Lipinski definition) is 2. The van der Waals surface area contributed by atoms with E-state index in [0.717, 1.165) is 36.7 Å². The number of carbonyl (C=O) groups is 1. The Balaban J connectivity index is 1.49. The van der Waals surface area contributed by atoms with Crippen LogP contribution in [0, 0.1) is 0 Å². The molecule has 1 amide bonds. The van der Waals surface area contributed by atoms with Crippen molar-refractivity contribution in [2.75, 3.05) is 0 Å². The Bertz CT molecular complexity index is 1100. The molecule has 1 aliphatic rings. The van der Waals surface area contributed by atoms with Crippen molar-refractivity contribution in [3.8, 4) is 0 Å². The number of fused-ring (bicyclic) bond motifs is 1. The molecule has 1 unspecified atom stereocenters. The van der Waals surface area contributed by atoms with Gasteiger partial charge in [-0.2, -0.15) is 0 Å². The maximum atomic E-state index is 12.7. The largest absolute Gasteiger partial charge is 0.459 e. The monoisotopic (exact) mass is 412 g/mol. The van der Waals surface area contributed by atoms with Crippen molar-refractivity contribution in [3.05, 3.63) is 65.9 Å². The van der Waals surface area contributed by atoms with Gasteiger partial charge in [-0.25, -0.2) is 13.1 Å². The van der Waals surface area contributed by atoms with Crippen molar-refractivity contribution in [1.29, 1.82) is 0 Å². The fraction of sp³-hybridized carbons (Fsp3) is 0.318. The standard InChI is InChI=1S/C22H24N2O4S/c1-15(21-14-16-7-2-5-12-20(16)28-21)23-22(25)17-8-6-11-19(13-17)29(26,27)24-18-9-3-4-10-18/h2,5-8,11-15,18,24H,3-4,9-10H2,1H3,(H,23,25). The van der Waals surface area contributed by atoms with E-state index in [9.17, 15) is 13.2 Å². The summed E-state index contributed by atoms with van der Waals surface area (Å²) < 4.78 is 33.8. The van der Waals surface area contributed by atoms with Crippen LogP contribution in [0.25, 0.3) is 11.0 Å². The van der Waals surface area contributed by atoms with E-state index in [1.807, 2.05) is 37.3 Å². The quantitative estimate of drug-likeness (QED) is 0.637. The van der Waals surface area contributed by atoms with Crippen LogP contribution in [0.15, 0.2) is 63.9 Å². The van der Waals surface area contributed by atoms with Gasteiger partial charge in [0.1, 0.15) is 11.3 Å². The third-order valence-electron chi connectivity index (χ3n) is 5.30. The molecule has 1 aromatic heterocycles. The average molecular weight is 413 g/mol. The highest BCUT2D eigenvalue weighted by Gasteiger charge is 2.24. The lowest BCUT2D eigenvalue weighted by Crippen LogP contribution is -2.33. The molecule has 1 atom stereocenters. The van der Waals surface area contributed by atoms with Crippen LogP contribution in [-0.4, -0.2) is 20.4 Å². The van der Waals surface area contributed by atoms with Gasteiger partial charge in [-0.3, -0.25) is 4.79 Å². The predicted octanol–water partition coefficient (Wildman–Crippen LogP) is 4.14. The molecule has 0 aliphatic heterocycles. The van der Waals surface area contributed by atoms with Gasteiger partial charge in [0.05, 0.1) is 10.9 Å².